The fourth-order valence-corrected chi connectivity index (χ4v) is 4.23. The smallest absolute Gasteiger partial charge is 0.393 e. The Morgan fingerprint density at radius 1 is 1.06 bits per heavy atom. The normalized spacial score (nSPS) is 11.4. The van der Waals surface area contributed by atoms with Gasteiger partial charge in [0.1, 0.15) is 0 Å². The van der Waals surface area contributed by atoms with E-state index in [1.807, 2.05) is 32.9 Å². The molecule has 0 aliphatic heterocycles. The number of benzene rings is 2. The van der Waals surface area contributed by atoms with Crippen molar-refractivity contribution in [1.82, 2.24) is 4.98 Å². The van der Waals surface area contributed by atoms with Crippen LogP contribution in [0.5, 0.6) is 0 Å². The van der Waals surface area contributed by atoms with Gasteiger partial charge in [-0.15, -0.1) is 0 Å². The van der Waals surface area contributed by atoms with E-state index in [0.717, 1.165) is 22.4 Å². The van der Waals surface area contributed by atoms with Crippen molar-refractivity contribution in [3.63, 3.8) is 0 Å². The number of amides is 2. The maximum absolute atomic E-state index is 13.6. The summed E-state index contributed by atoms with van der Waals surface area (Å²) in [7, 11) is 0. The molecule has 0 aliphatic carbocycles. The molecule has 0 spiro atoms. The number of nitrogens with one attached hydrogen (secondary N) is 1. The summed E-state index contributed by atoms with van der Waals surface area (Å²) in [6.45, 7) is 5.89. The van der Waals surface area contributed by atoms with Gasteiger partial charge in [-0.2, -0.15) is 13.2 Å². The Bertz CT molecular complexity index is 1150. The third-order valence-electron chi connectivity index (χ3n) is 5.67. The number of aromatic nitrogens is 1. The van der Waals surface area contributed by atoms with Gasteiger partial charge < -0.3 is 11.1 Å². The lowest BCUT2D eigenvalue weighted by atomic mass is 10.0. The van der Waals surface area contributed by atoms with Gasteiger partial charge in [-0.3, -0.25) is 9.88 Å². The quantitative estimate of drug-likeness (QED) is 0.337. The van der Waals surface area contributed by atoms with Crippen LogP contribution in [0.2, 0.25) is 5.02 Å². The summed E-state index contributed by atoms with van der Waals surface area (Å²) < 4.78 is 38.4. The number of nitrogens with zero attached hydrogens (tertiary/aromatic N) is 2. The highest BCUT2D eigenvalue weighted by Crippen LogP contribution is 2.35. The average Bonchev–Trinajstić information content (AvgIpc) is 2.78. The second-order valence-electron chi connectivity index (χ2n) is 8.27. The number of nitrogen functional groups attached to an aromatic ring is 1. The van der Waals surface area contributed by atoms with Gasteiger partial charge in [-0.1, -0.05) is 43.6 Å². The number of anilines is 3. The molecule has 2 aromatic carbocycles. The highest BCUT2D eigenvalue weighted by molar-refractivity contribution is 6.32. The summed E-state index contributed by atoms with van der Waals surface area (Å²) in [4.78, 5) is 19.3. The van der Waals surface area contributed by atoms with Crippen LogP contribution in [0.15, 0.2) is 48.7 Å². The molecule has 9 heteroatoms. The highest BCUT2D eigenvalue weighted by atomic mass is 35.5. The Morgan fingerprint density at radius 3 is 2.23 bits per heavy atom. The highest BCUT2D eigenvalue weighted by Gasteiger charge is 2.28. The number of alkyl halides is 3. The molecular weight excluding hydrogens is 477 g/mol. The molecular formula is C26H28ClF3N4O. The largest absolute Gasteiger partial charge is 0.398 e. The Balaban J connectivity index is 1.99. The topological polar surface area (TPSA) is 71.2 Å². The molecule has 35 heavy (non-hydrogen) atoms. The summed E-state index contributed by atoms with van der Waals surface area (Å²) in [5.74, 6) is 0. The Labute approximate surface area is 208 Å². The summed E-state index contributed by atoms with van der Waals surface area (Å²) >= 11 is 6.41. The lowest BCUT2D eigenvalue weighted by Gasteiger charge is -2.26. The molecule has 0 saturated heterocycles. The maximum Gasteiger partial charge on any atom is 0.393 e. The van der Waals surface area contributed by atoms with Gasteiger partial charge >= 0.3 is 12.2 Å². The molecule has 0 aliphatic rings. The number of aryl methyl sites for hydroxylation is 1. The maximum atomic E-state index is 13.6. The van der Waals surface area contributed by atoms with Crippen LogP contribution in [0.4, 0.5) is 35.0 Å². The molecule has 1 heterocycles. The average molecular weight is 505 g/mol. The first-order valence-electron chi connectivity index (χ1n) is 11.3. The molecule has 0 saturated carbocycles. The summed E-state index contributed by atoms with van der Waals surface area (Å²) in [5, 5.41) is 3.43. The molecule has 1 aromatic heterocycles. The number of halogens is 4. The van der Waals surface area contributed by atoms with Crippen molar-refractivity contribution in [3.05, 3.63) is 81.6 Å². The predicted molar refractivity (Wildman–Crippen MR) is 135 cm³/mol. The lowest BCUT2D eigenvalue weighted by molar-refractivity contribution is -0.127. The Morgan fingerprint density at radius 2 is 1.69 bits per heavy atom. The van der Waals surface area contributed by atoms with E-state index in [0.29, 0.717) is 34.9 Å². The second kappa shape index (κ2) is 11.0. The number of urea groups is 1. The molecule has 5 nitrogen and oxygen atoms in total. The predicted octanol–water partition coefficient (Wildman–Crippen LogP) is 7.09. The van der Waals surface area contributed by atoms with Crippen molar-refractivity contribution in [2.75, 3.05) is 16.0 Å². The summed E-state index contributed by atoms with van der Waals surface area (Å²) in [5.41, 5.74) is 10.9. The molecule has 0 radical (unpaired) electrons. The van der Waals surface area contributed by atoms with Crippen molar-refractivity contribution in [3.8, 4) is 0 Å². The third-order valence-corrected chi connectivity index (χ3v) is 6.01. The van der Waals surface area contributed by atoms with Crippen LogP contribution in [0.25, 0.3) is 0 Å². The standard InChI is InChI=1S/C26H28ClF3N4O/c1-4-20-22(27)12-23(31)21(5-2)24(20)33-25(35)34(15-18-7-6-16(3)32-14-18)19-10-8-17(9-11-19)13-26(28,29)30/h6-12,14H,4-5,13,15,31H2,1-3H3,(H,33,35). The number of pyridine rings is 1. The van der Waals surface area contributed by atoms with Crippen LogP contribution in [0.3, 0.4) is 0 Å². The van der Waals surface area contributed by atoms with Crippen molar-refractivity contribution in [2.45, 2.75) is 52.8 Å². The number of rotatable bonds is 7. The van der Waals surface area contributed by atoms with Crippen molar-refractivity contribution in [2.24, 2.45) is 0 Å². The lowest BCUT2D eigenvalue weighted by Crippen LogP contribution is -2.35. The van der Waals surface area contributed by atoms with Crippen LogP contribution >= 0.6 is 11.6 Å². The van der Waals surface area contributed by atoms with E-state index in [4.69, 9.17) is 17.3 Å². The SMILES string of the molecule is CCc1c(N)cc(Cl)c(CC)c1NC(=O)N(Cc1ccc(C)nc1)c1ccc(CC(F)(F)F)cc1. The van der Waals surface area contributed by atoms with Gasteiger partial charge in [-0.25, -0.2) is 4.79 Å². The van der Waals surface area contributed by atoms with Gasteiger partial charge in [0.2, 0.25) is 0 Å². The third kappa shape index (κ3) is 6.66. The molecule has 2 amide bonds. The summed E-state index contributed by atoms with van der Waals surface area (Å²) in [6, 6.07) is 10.7. The molecule has 0 bridgehead atoms. The number of carbonyl (C=O) groups is 1. The van der Waals surface area contributed by atoms with Crippen LogP contribution in [0, 0.1) is 6.92 Å². The minimum atomic E-state index is -4.31. The molecule has 0 atom stereocenters. The van der Waals surface area contributed by atoms with Crippen LogP contribution in [0.1, 0.15) is 41.8 Å². The van der Waals surface area contributed by atoms with Gasteiger partial charge in [0, 0.05) is 28.3 Å². The zero-order valence-corrected chi connectivity index (χ0v) is 20.6. The van der Waals surface area contributed by atoms with Crippen LogP contribution in [-0.4, -0.2) is 17.2 Å². The Hall–Kier alpha value is -3.26. The monoisotopic (exact) mass is 504 g/mol. The van der Waals surface area contributed by atoms with E-state index in [1.165, 1.54) is 29.2 Å². The van der Waals surface area contributed by atoms with E-state index in [2.05, 4.69) is 10.3 Å². The molecule has 3 N–H and O–H groups in total. The van der Waals surface area contributed by atoms with Gasteiger partial charge in [0.05, 0.1) is 18.7 Å². The molecule has 0 fully saturated rings. The minimum Gasteiger partial charge on any atom is -0.398 e. The van der Waals surface area contributed by atoms with Crippen molar-refractivity contribution in [1.29, 1.82) is 0 Å². The van der Waals surface area contributed by atoms with E-state index in [-0.39, 0.29) is 12.1 Å². The van der Waals surface area contributed by atoms with Gasteiger partial charge in [-0.05, 0) is 66.3 Å². The first-order valence-corrected chi connectivity index (χ1v) is 11.7. The number of nitrogens with two attached hydrogens (primary N) is 1. The second-order valence-corrected chi connectivity index (χ2v) is 8.68. The van der Waals surface area contributed by atoms with Crippen molar-refractivity contribution < 1.29 is 18.0 Å². The number of carbonyl (C=O) groups excluding carboxylic acids is 1. The first-order chi connectivity index (χ1) is 16.5. The Kier molecular flexibility index (Phi) is 8.27. The summed E-state index contributed by atoms with van der Waals surface area (Å²) in [6.07, 6.45) is -2.52. The van der Waals surface area contributed by atoms with E-state index in [1.54, 1.807) is 12.3 Å². The van der Waals surface area contributed by atoms with Gasteiger partial charge in [0.15, 0.2) is 0 Å². The number of hydrogen-bond donors (Lipinski definition) is 2. The zero-order valence-electron chi connectivity index (χ0n) is 19.8. The first kappa shape index (κ1) is 26.3. The minimum absolute atomic E-state index is 0.114. The molecule has 0 unspecified atom stereocenters. The van der Waals surface area contributed by atoms with E-state index in [9.17, 15) is 18.0 Å². The zero-order chi connectivity index (χ0) is 25.8. The van der Waals surface area contributed by atoms with E-state index >= 15 is 0 Å². The molecule has 186 valence electrons. The number of hydrogen-bond acceptors (Lipinski definition) is 3. The van der Waals surface area contributed by atoms with Crippen LogP contribution < -0.4 is 16.0 Å². The fraction of sp³-hybridized carbons (Fsp3) is 0.308. The van der Waals surface area contributed by atoms with Gasteiger partial charge in [0.25, 0.3) is 0 Å². The molecule has 3 aromatic rings. The fourth-order valence-electron chi connectivity index (χ4n) is 3.89. The van der Waals surface area contributed by atoms with Crippen molar-refractivity contribution >= 4 is 34.7 Å². The molecule has 3 rings (SSSR count). The van der Waals surface area contributed by atoms with Crippen LogP contribution in [-0.2, 0) is 25.8 Å². The van der Waals surface area contributed by atoms with E-state index < -0.39 is 18.6 Å².